The largest absolute Gasteiger partial charge is 0.397 e. The van der Waals surface area contributed by atoms with E-state index < -0.39 is 0 Å². The van der Waals surface area contributed by atoms with Crippen LogP contribution < -0.4 is 11.5 Å². The van der Waals surface area contributed by atoms with Crippen LogP contribution in [-0.2, 0) is 6.42 Å². The van der Waals surface area contributed by atoms with Crippen molar-refractivity contribution in [2.45, 2.75) is 39.0 Å². The van der Waals surface area contributed by atoms with Gasteiger partial charge in [-0.15, -0.1) is 0 Å². The van der Waals surface area contributed by atoms with Crippen LogP contribution in [0.3, 0.4) is 0 Å². The lowest BCUT2D eigenvalue weighted by Crippen LogP contribution is -2.16. The van der Waals surface area contributed by atoms with Crippen molar-refractivity contribution in [3.05, 3.63) is 18.0 Å². The van der Waals surface area contributed by atoms with E-state index >= 15 is 0 Å². The fourth-order valence-corrected chi connectivity index (χ4v) is 2.50. The summed E-state index contributed by atoms with van der Waals surface area (Å²) >= 11 is 0. The minimum atomic E-state index is 0.661. The summed E-state index contributed by atoms with van der Waals surface area (Å²) in [5, 5.41) is 0. The molecule has 0 spiro atoms. The first-order valence-electron chi connectivity index (χ1n) is 6.15. The Hall–Kier alpha value is -1.25. The lowest BCUT2D eigenvalue weighted by atomic mass is 9.80. The number of hydrogen-bond acceptors (Lipinski definition) is 3. The molecule has 0 unspecified atom stereocenters. The van der Waals surface area contributed by atoms with Crippen LogP contribution in [0.1, 0.15) is 38.3 Å². The summed E-state index contributed by atoms with van der Waals surface area (Å²) in [5.41, 5.74) is 14.1. The van der Waals surface area contributed by atoms with Crippen molar-refractivity contribution in [2.24, 2.45) is 11.8 Å². The Labute approximate surface area is 97.2 Å². The number of nitrogens with zero attached hydrogens (tertiary/aromatic N) is 1. The molecule has 1 aromatic rings. The summed E-state index contributed by atoms with van der Waals surface area (Å²) in [5.74, 6) is 1.63. The zero-order valence-corrected chi connectivity index (χ0v) is 9.95. The Morgan fingerprint density at radius 1 is 1.25 bits per heavy atom. The molecule has 1 aliphatic carbocycles. The van der Waals surface area contributed by atoms with Crippen LogP contribution in [0, 0.1) is 11.8 Å². The average molecular weight is 219 g/mol. The molecule has 0 atom stereocenters. The molecule has 0 aromatic carbocycles. The number of nitrogens with two attached hydrogens (primary N) is 2. The molecule has 2 rings (SSSR count). The number of nitrogen functional groups attached to an aromatic ring is 2. The maximum Gasteiger partial charge on any atom is 0.0766 e. The summed E-state index contributed by atoms with van der Waals surface area (Å²) in [4.78, 5) is 4.35. The second-order valence-corrected chi connectivity index (χ2v) is 5.09. The molecule has 16 heavy (non-hydrogen) atoms. The van der Waals surface area contributed by atoms with Gasteiger partial charge in [0.1, 0.15) is 0 Å². The zero-order valence-electron chi connectivity index (χ0n) is 9.95. The van der Waals surface area contributed by atoms with Crippen molar-refractivity contribution >= 4 is 11.4 Å². The van der Waals surface area contributed by atoms with Crippen molar-refractivity contribution in [1.29, 1.82) is 0 Å². The van der Waals surface area contributed by atoms with E-state index in [2.05, 4.69) is 11.9 Å². The van der Waals surface area contributed by atoms with Crippen LogP contribution in [0.15, 0.2) is 12.3 Å². The average Bonchev–Trinajstić information content (AvgIpc) is 2.28. The maximum absolute atomic E-state index is 5.94. The molecule has 0 saturated heterocycles. The van der Waals surface area contributed by atoms with E-state index in [0.29, 0.717) is 11.4 Å². The number of aromatic nitrogens is 1. The van der Waals surface area contributed by atoms with Crippen LogP contribution in [0.25, 0.3) is 0 Å². The molecular weight excluding hydrogens is 198 g/mol. The summed E-state index contributed by atoms with van der Waals surface area (Å²) in [6, 6.07) is 1.77. The maximum atomic E-state index is 5.94. The third kappa shape index (κ3) is 2.46. The molecule has 1 aliphatic rings. The lowest BCUT2D eigenvalue weighted by molar-refractivity contribution is 0.288. The number of rotatable bonds is 2. The fourth-order valence-electron chi connectivity index (χ4n) is 2.50. The Morgan fingerprint density at radius 3 is 2.62 bits per heavy atom. The highest BCUT2D eigenvalue weighted by Gasteiger charge is 2.19. The van der Waals surface area contributed by atoms with Crippen LogP contribution in [0.5, 0.6) is 0 Å². The third-order valence-electron chi connectivity index (χ3n) is 3.72. The molecule has 1 fully saturated rings. The van der Waals surface area contributed by atoms with Gasteiger partial charge >= 0.3 is 0 Å². The quantitative estimate of drug-likeness (QED) is 0.803. The van der Waals surface area contributed by atoms with Gasteiger partial charge in [-0.25, -0.2) is 0 Å². The topological polar surface area (TPSA) is 64.9 Å². The van der Waals surface area contributed by atoms with Gasteiger partial charge in [-0.1, -0.05) is 19.8 Å². The Kier molecular flexibility index (Phi) is 3.32. The number of anilines is 2. The molecule has 3 heteroatoms. The summed E-state index contributed by atoms with van der Waals surface area (Å²) in [6.07, 6.45) is 8.03. The van der Waals surface area contributed by atoms with Gasteiger partial charge in [-0.05, 0) is 37.2 Å². The Bertz CT molecular complexity index is 354. The SMILES string of the molecule is C[C@H]1CC[C@H](Cc2nccc(N)c2N)CC1. The second-order valence-electron chi connectivity index (χ2n) is 5.09. The van der Waals surface area contributed by atoms with Gasteiger partial charge in [0.15, 0.2) is 0 Å². The molecular formula is C13H21N3. The van der Waals surface area contributed by atoms with E-state index in [0.717, 1.165) is 24.0 Å². The Morgan fingerprint density at radius 2 is 1.94 bits per heavy atom. The minimum Gasteiger partial charge on any atom is -0.397 e. The summed E-state index contributed by atoms with van der Waals surface area (Å²) < 4.78 is 0. The van der Waals surface area contributed by atoms with Crippen molar-refractivity contribution in [3.63, 3.8) is 0 Å². The predicted octanol–water partition coefficient (Wildman–Crippen LogP) is 2.61. The second kappa shape index (κ2) is 4.73. The van der Waals surface area contributed by atoms with Gasteiger partial charge in [0.05, 0.1) is 17.1 Å². The van der Waals surface area contributed by atoms with Crippen molar-refractivity contribution in [3.8, 4) is 0 Å². The molecule has 4 N–H and O–H groups in total. The predicted molar refractivity (Wildman–Crippen MR) is 67.9 cm³/mol. The van der Waals surface area contributed by atoms with Gasteiger partial charge in [-0.2, -0.15) is 0 Å². The normalized spacial score (nSPS) is 25.6. The van der Waals surface area contributed by atoms with E-state index in [9.17, 15) is 0 Å². The molecule has 0 radical (unpaired) electrons. The monoisotopic (exact) mass is 219 g/mol. The molecule has 0 amide bonds. The fraction of sp³-hybridized carbons (Fsp3) is 0.615. The molecule has 0 bridgehead atoms. The van der Waals surface area contributed by atoms with Crippen molar-refractivity contribution in [1.82, 2.24) is 4.98 Å². The van der Waals surface area contributed by atoms with Gasteiger partial charge in [0.2, 0.25) is 0 Å². The molecule has 0 aliphatic heterocycles. The van der Waals surface area contributed by atoms with E-state index in [1.54, 1.807) is 12.3 Å². The molecule has 1 aromatic heterocycles. The lowest BCUT2D eigenvalue weighted by Gasteiger charge is -2.26. The highest BCUT2D eigenvalue weighted by Crippen LogP contribution is 2.31. The molecule has 1 heterocycles. The van der Waals surface area contributed by atoms with Crippen LogP contribution in [0.4, 0.5) is 11.4 Å². The van der Waals surface area contributed by atoms with Gasteiger partial charge in [-0.3, -0.25) is 4.98 Å². The third-order valence-corrected chi connectivity index (χ3v) is 3.72. The first-order valence-corrected chi connectivity index (χ1v) is 6.15. The van der Waals surface area contributed by atoms with E-state index in [1.807, 2.05) is 0 Å². The molecule has 88 valence electrons. The smallest absolute Gasteiger partial charge is 0.0766 e. The zero-order chi connectivity index (χ0) is 11.5. The standard InChI is InChI=1S/C13H21N3/c1-9-2-4-10(5-3-9)8-12-13(15)11(14)6-7-16-12/h6-7,9-10H,2-5,8,15H2,1H3,(H2,14,16)/t9-,10-. The number of pyridine rings is 1. The first-order chi connectivity index (χ1) is 7.66. The molecule has 1 saturated carbocycles. The van der Waals surface area contributed by atoms with Crippen LogP contribution in [0.2, 0.25) is 0 Å². The van der Waals surface area contributed by atoms with E-state index in [1.165, 1.54) is 25.7 Å². The van der Waals surface area contributed by atoms with Crippen molar-refractivity contribution in [2.75, 3.05) is 11.5 Å². The van der Waals surface area contributed by atoms with E-state index in [4.69, 9.17) is 11.5 Å². The summed E-state index contributed by atoms with van der Waals surface area (Å²) in [7, 11) is 0. The first kappa shape index (κ1) is 11.2. The number of hydrogen-bond donors (Lipinski definition) is 2. The Balaban J connectivity index is 2.01. The van der Waals surface area contributed by atoms with Crippen molar-refractivity contribution < 1.29 is 0 Å². The molecule has 3 nitrogen and oxygen atoms in total. The highest BCUT2D eigenvalue weighted by molar-refractivity contribution is 5.64. The van der Waals surface area contributed by atoms with Gasteiger partial charge < -0.3 is 11.5 Å². The summed E-state index contributed by atoms with van der Waals surface area (Å²) in [6.45, 7) is 2.34. The van der Waals surface area contributed by atoms with Crippen LogP contribution in [-0.4, -0.2) is 4.98 Å². The van der Waals surface area contributed by atoms with Gasteiger partial charge in [0.25, 0.3) is 0 Å². The minimum absolute atomic E-state index is 0.661. The van der Waals surface area contributed by atoms with Gasteiger partial charge in [0, 0.05) is 6.20 Å². The van der Waals surface area contributed by atoms with Crippen LogP contribution >= 0.6 is 0 Å². The van der Waals surface area contributed by atoms with E-state index in [-0.39, 0.29) is 0 Å². The highest BCUT2D eigenvalue weighted by atomic mass is 14.8.